The minimum atomic E-state index is -0.234. The lowest BCUT2D eigenvalue weighted by atomic mass is 10.2. The standard InChI is InChI=1S/C26H35N7O3/c34-25(19-27-26(35)21-5-2-1-3-6-21)33-16-14-32(15-17-33)24-9-8-23(28-29-24)31-12-10-30(11-13-31)20-22-7-4-18-36-22/h1-3,5-6,8-9,22H,4,7,10-20H2,(H,27,35). The number of piperazine rings is 2. The number of hydrogen-bond donors (Lipinski definition) is 1. The second kappa shape index (κ2) is 11.7. The van der Waals surface area contributed by atoms with Crippen LogP contribution in [-0.4, -0.2) is 110 Å². The normalized spacial score (nSPS) is 21.0. The Bertz CT molecular complexity index is 998. The lowest BCUT2D eigenvalue weighted by molar-refractivity contribution is -0.130. The number of ether oxygens (including phenoxy) is 1. The maximum atomic E-state index is 12.6. The van der Waals surface area contributed by atoms with Gasteiger partial charge >= 0.3 is 0 Å². The fraction of sp³-hybridized carbons (Fsp3) is 0.538. The number of nitrogens with one attached hydrogen (secondary N) is 1. The van der Waals surface area contributed by atoms with E-state index in [-0.39, 0.29) is 18.4 Å². The van der Waals surface area contributed by atoms with E-state index in [1.807, 2.05) is 12.1 Å². The zero-order chi connectivity index (χ0) is 24.7. The van der Waals surface area contributed by atoms with Gasteiger partial charge in [-0.2, -0.15) is 0 Å². The zero-order valence-electron chi connectivity index (χ0n) is 20.7. The van der Waals surface area contributed by atoms with E-state index in [4.69, 9.17) is 4.74 Å². The van der Waals surface area contributed by atoms with Crippen LogP contribution in [0.4, 0.5) is 11.6 Å². The third-order valence-corrected chi connectivity index (χ3v) is 7.21. The molecule has 2 amide bonds. The van der Waals surface area contributed by atoms with Crippen LogP contribution >= 0.6 is 0 Å². The SMILES string of the molecule is O=C(NCC(=O)N1CCN(c2ccc(N3CCN(CC4CCCO4)CC3)nn2)CC1)c1ccccc1. The van der Waals surface area contributed by atoms with Crippen molar-refractivity contribution >= 4 is 23.5 Å². The quantitative estimate of drug-likeness (QED) is 0.607. The largest absolute Gasteiger partial charge is 0.377 e. The van der Waals surface area contributed by atoms with Crippen molar-refractivity contribution in [2.45, 2.75) is 18.9 Å². The summed E-state index contributed by atoms with van der Waals surface area (Å²) in [4.78, 5) is 33.5. The Balaban J connectivity index is 1.04. The van der Waals surface area contributed by atoms with Crippen LogP contribution in [0.5, 0.6) is 0 Å². The molecular weight excluding hydrogens is 458 g/mol. The van der Waals surface area contributed by atoms with Crippen LogP contribution in [0.1, 0.15) is 23.2 Å². The first-order valence-electron chi connectivity index (χ1n) is 12.9. The van der Waals surface area contributed by atoms with Gasteiger partial charge in [-0.25, -0.2) is 0 Å². The average molecular weight is 494 g/mol. The molecule has 192 valence electrons. The molecule has 0 radical (unpaired) electrons. The first-order valence-corrected chi connectivity index (χ1v) is 12.9. The molecule has 1 N–H and O–H groups in total. The van der Waals surface area contributed by atoms with Crippen molar-refractivity contribution in [3.05, 3.63) is 48.0 Å². The van der Waals surface area contributed by atoms with Crippen LogP contribution in [0.15, 0.2) is 42.5 Å². The summed E-state index contributed by atoms with van der Waals surface area (Å²) in [6, 6.07) is 13.0. The van der Waals surface area contributed by atoms with Crippen molar-refractivity contribution in [1.82, 2.24) is 25.3 Å². The number of amides is 2. The summed E-state index contributed by atoms with van der Waals surface area (Å²) in [7, 11) is 0. The zero-order valence-corrected chi connectivity index (χ0v) is 20.7. The topological polar surface area (TPSA) is 94.1 Å². The van der Waals surface area contributed by atoms with Gasteiger partial charge in [0.25, 0.3) is 5.91 Å². The fourth-order valence-electron chi connectivity index (χ4n) is 5.04. The van der Waals surface area contributed by atoms with Gasteiger partial charge < -0.3 is 24.8 Å². The molecular formula is C26H35N7O3. The molecule has 0 spiro atoms. The van der Waals surface area contributed by atoms with Crippen molar-refractivity contribution in [1.29, 1.82) is 0 Å². The van der Waals surface area contributed by atoms with Gasteiger partial charge in [0.15, 0.2) is 11.6 Å². The average Bonchev–Trinajstić information content (AvgIpc) is 3.46. The predicted octanol–water partition coefficient (Wildman–Crippen LogP) is 0.856. The molecule has 1 unspecified atom stereocenters. The number of rotatable bonds is 7. The van der Waals surface area contributed by atoms with Gasteiger partial charge in [-0.15, -0.1) is 10.2 Å². The van der Waals surface area contributed by atoms with Gasteiger partial charge in [0, 0.05) is 71.1 Å². The third kappa shape index (κ3) is 6.11. The van der Waals surface area contributed by atoms with Gasteiger partial charge in [-0.1, -0.05) is 18.2 Å². The molecule has 10 nitrogen and oxygen atoms in total. The molecule has 0 bridgehead atoms. The van der Waals surface area contributed by atoms with E-state index in [0.29, 0.717) is 37.8 Å². The number of hydrogen-bond acceptors (Lipinski definition) is 8. The predicted molar refractivity (Wildman–Crippen MR) is 137 cm³/mol. The van der Waals surface area contributed by atoms with Gasteiger partial charge in [0.05, 0.1) is 12.6 Å². The Morgan fingerprint density at radius 3 is 2.08 bits per heavy atom. The minimum absolute atomic E-state index is 0.00315. The summed E-state index contributed by atoms with van der Waals surface area (Å²) in [6.07, 6.45) is 2.77. The van der Waals surface area contributed by atoms with Crippen LogP contribution in [0, 0.1) is 0 Å². The van der Waals surface area contributed by atoms with Crippen LogP contribution < -0.4 is 15.1 Å². The highest BCUT2D eigenvalue weighted by molar-refractivity contribution is 5.96. The highest BCUT2D eigenvalue weighted by Gasteiger charge is 2.25. The molecule has 3 saturated heterocycles. The van der Waals surface area contributed by atoms with Crippen LogP contribution in [0.2, 0.25) is 0 Å². The lowest BCUT2D eigenvalue weighted by Crippen LogP contribution is -2.51. The summed E-state index contributed by atoms with van der Waals surface area (Å²) in [5.41, 5.74) is 0.553. The third-order valence-electron chi connectivity index (χ3n) is 7.21. The second-order valence-electron chi connectivity index (χ2n) is 9.59. The van der Waals surface area contributed by atoms with Gasteiger partial charge in [0.1, 0.15) is 0 Å². The molecule has 3 aliphatic rings. The number of anilines is 2. The Kier molecular flexibility index (Phi) is 7.92. The van der Waals surface area contributed by atoms with E-state index < -0.39 is 0 Å². The fourth-order valence-corrected chi connectivity index (χ4v) is 5.04. The maximum absolute atomic E-state index is 12.6. The molecule has 1 atom stereocenters. The summed E-state index contributed by atoms with van der Waals surface area (Å²) < 4.78 is 5.78. The second-order valence-corrected chi connectivity index (χ2v) is 9.59. The van der Waals surface area contributed by atoms with Crippen molar-refractivity contribution in [3.8, 4) is 0 Å². The molecule has 4 heterocycles. The van der Waals surface area contributed by atoms with Crippen molar-refractivity contribution < 1.29 is 14.3 Å². The van der Waals surface area contributed by atoms with E-state index in [0.717, 1.165) is 51.0 Å². The van der Waals surface area contributed by atoms with Crippen LogP contribution in [0.25, 0.3) is 0 Å². The summed E-state index contributed by atoms with van der Waals surface area (Å²) in [5.74, 6) is 1.44. The van der Waals surface area contributed by atoms with Crippen molar-refractivity contribution in [3.63, 3.8) is 0 Å². The molecule has 36 heavy (non-hydrogen) atoms. The van der Waals surface area contributed by atoms with E-state index in [1.165, 1.54) is 12.8 Å². The van der Waals surface area contributed by atoms with Crippen molar-refractivity contribution in [2.24, 2.45) is 0 Å². The molecule has 2 aromatic rings. The van der Waals surface area contributed by atoms with E-state index in [1.54, 1.807) is 29.2 Å². The van der Waals surface area contributed by atoms with Gasteiger partial charge in [-0.05, 0) is 37.1 Å². The van der Waals surface area contributed by atoms with Gasteiger partial charge in [0.2, 0.25) is 5.91 Å². The molecule has 5 rings (SSSR count). The summed E-state index contributed by atoms with van der Waals surface area (Å²) in [6.45, 7) is 8.44. The number of nitrogens with zero attached hydrogens (tertiary/aromatic N) is 6. The Labute approximate surface area is 212 Å². The maximum Gasteiger partial charge on any atom is 0.251 e. The number of aromatic nitrogens is 2. The highest BCUT2D eigenvalue weighted by Crippen LogP contribution is 2.19. The Hall–Kier alpha value is -3.24. The Morgan fingerprint density at radius 2 is 1.50 bits per heavy atom. The smallest absolute Gasteiger partial charge is 0.251 e. The van der Waals surface area contributed by atoms with Crippen LogP contribution in [0.3, 0.4) is 0 Å². The summed E-state index contributed by atoms with van der Waals surface area (Å²) >= 11 is 0. The molecule has 3 fully saturated rings. The molecule has 3 aliphatic heterocycles. The van der Waals surface area contributed by atoms with Crippen molar-refractivity contribution in [2.75, 3.05) is 81.9 Å². The highest BCUT2D eigenvalue weighted by atomic mass is 16.5. The molecule has 0 aliphatic carbocycles. The van der Waals surface area contributed by atoms with E-state index >= 15 is 0 Å². The number of carbonyl (C=O) groups is 2. The minimum Gasteiger partial charge on any atom is -0.377 e. The number of carbonyl (C=O) groups excluding carboxylic acids is 2. The van der Waals surface area contributed by atoms with E-state index in [2.05, 4.69) is 36.3 Å². The Morgan fingerprint density at radius 1 is 0.861 bits per heavy atom. The lowest BCUT2D eigenvalue weighted by Gasteiger charge is -2.37. The monoisotopic (exact) mass is 493 g/mol. The van der Waals surface area contributed by atoms with Crippen LogP contribution in [-0.2, 0) is 9.53 Å². The first kappa shape index (κ1) is 24.5. The molecule has 0 saturated carbocycles. The summed E-state index contributed by atoms with van der Waals surface area (Å²) in [5, 5.41) is 11.7. The molecule has 10 heteroatoms. The number of benzene rings is 1. The molecule has 1 aromatic carbocycles. The molecule has 1 aromatic heterocycles. The first-order chi connectivity index (χ1) is 17.7. The van der Waals surface area contributed by atoms with Gasteiger partial charge in [-0.3, -0.25) is 14.5 Å². The van der Waals surface area contributed by atoms with E-state index in [9.17, 15) is 9.59 Å².